The van der Waals surface area contributed by atoms with Crippen LogP contribution in [0.2, 0.25) is 0 Å². The highest BCUT2D eigenvalue weighted by atomic mass is 16.3. The molecule has 8 nitrogen and oxygen atoms in total. The van der Waals surface area contributed by atoms with Crippen LogP contribution in [-0.4, -0.2) is 49.7 Å². The van der Waals surface area contributed by atoms with Crippen molar-refractivity contribution in [1.82, 2.24) is 24.9 Å². The summed E-state index contributed by atoms with van der Waals surface area (Å²) in [6.45, 7) is 2.83. The van der Waals surface area contributed by atoms with Crippen molar-refractivity contribution in [2.24, 2.45) is 5.92 Å². The SMILES string of the molecule is OCC1CCN(c2ccc(CNc3ncnc4nc[nH]c34)cn2)CC1. The van der Waals surface area contributed by atoms with Gasteiger partial charge >= 0.3 is 0 Å². The summed E-state index contributed by atoms with van der Waals surface area (Å²) in [6.07, 6.45) is 7.06. The molecule has 0 saturated carbocycles. The van der Waals surface area contributed by atoms with E-state index in [2.05, 4.69) is 47.3 Å². The van der Waals surface area contributed by atoms with Gasteiger partial charge in [-0.2, -0.15) is 0 Å². The number of pyridine rings is 1. The summed E-state index contributed by atoms with van der Waals surface area (Å²) in [5.74, 6) is 2.17. The molecule has 0 bridgehead atoms. The summed E-state index contributed by atoms with van der Waals surface area (Å²) in [4.78, 5) is 22.4. The first-order chi connectivity index (χ1) is 12.3. The molecular weight excluding hydrogens is 318 g/mol. The van der Waals surface area contributed by atoms with Crippen molar-refractivity contribution in [1.29, 1.82) is 0 Å². The molecule has 1 aliphatic rings. The molecule has 0 spiro atoms. The van der Waals surface area contributed by atoms with Crippen LogP contribution in [0.5, 0.6) is 0 Å². The molecule has 0 radical (unpaired) electrons. The van der Waals surface area contributed by atoms with E-state index in [0.29, 0.717) is 24.7 Å². The number of piperidine rings is 1. The smallest absolute Gasteiger partial charge is 0.182 e. The number of aliphatic hydroxyl groups is 1. The van der Waals surface area contributed by atoms with Crippen molar-refractivity contribution in [3.8, 4) is 0 Å². The zero-order valence-electron chi connectivity index (χ0n) is 13.9. The molecular formula is C17H21N7O. The third kappa shape index (κ3) is 3.39. The molecule has 0 unspecified atom stereocenters. The minimum atomic E-state index is 0.290. The largest absolute Gasteiger partial charge is 0.396 e. The van der Waals surface area contributed by atoms with Crippen molar-refractivity contribution < 1.29 is 5.11 Å². The Hall–Kier alpha value is -2.74. The van der Waals surface area contributed by atoms with E-state index in [-0.39, 0.29) is 0 Å². The molecule has 0 aliphatic carbocycles. The van der Waals surface area contributed by atoms with Crippen LogP contribution in [0.15, 0.2) is 31.0 Å². The van der Waals surface area contributed by atoms with Crippen LogP contribution in [0, 0.1) is 5.92 Å². The van der Waals surface area contributed by atoms with Gasteiger partial charge in [-0.05, 0) is 30.4 Å². The lowest BCUT2D eigenvalue weighted by molar-refractivity contribution is 0.203. The van der Waals surface area contributed by atoms with Crippen LogP contribution in [-0.2, 0) is 6.54 Å². The average molecular weight is 339 g/mol. The number of hydrogen-bond acceptors (Lipinski definition) is 7. The number of fused-ring (bicyclic) bond motifs is 1. The van der Waals surface area contributed by atoms with E-state index in [9.17, 15) is 5.11 Å². The molecule has 1 fully saturated rings. The fourth-order valence-corrected chi connectivity index (χ4v) is 3.14. The molecule has 1 saturated heterocycles. The Morgan fingerprint density at radius 1 is 1.16 bits per heavy atom. The van der Waals surface area contributed by atoms with Crippen molar-refractivity contribution in [2.45, 2.75) is 19.4 Å². The van der Waals surface area contributed by atoms with Gasteiger partial charge in [-0.3, -0.25) is 0 Å². The zero-order valence-corrected chi connectivity index (χ0v) is 13.9. The summed E-state index contributed by atoms with van der Waals surface area (Å²) in [5, 5.41) is 12.5. The van der Waals surface area contributed by atoms with E-state index in [4.69, 9.17) is 0 Å². The van der Waals surface area contributed by atoms with Gasteiger partial charge in [0.25, 0.3) is 0 Å². The quantitative estimate of drug-likeness (QED) is 0.648. The Labute approximate surface area is 145 Å². The summed E-state index contributed by atoms with van der Waals surface area (Å²) in [6, 6.07) is 4.14. The summed E-state index contributed by atoms with van der Waals surface area (Å²) in [5.41, 5.74) is 2.54. The third-order valence-electron chi connectivity index (χ3n) is 4.69. The van der Waals surface area contributed by atoms with Gasteiger partial charge < -0.3 is 20.3 Å². The fraction of sp³-hybridized carbons (Fsp3) is 0.412. The molecule has 4 rings (SSSR count). The molecule has 3 aromatic rings. The highest BCUT2D eigenvalue weighted by Gasteiger charge is 2.19. The van der Waals surface area contributed by atoms with Crippen molar-refractivity contribution in [2.75, 3.05) is 29.9 Å². The molecule has 3 N–H and O–H groups in total. The van der Waals surface area contributed by atoms with Crippen LogP contribution in [0.4, 0.5) is 11.6 Å². The monoisotopic (exact) mass is 339 g/mol. The van der Waals surface area contributed by atoms with Gasteiger partial charge in [0.1, 0.15) is 17.7 Å². The average Bonchev–Trinajstić information content (AvgIpc) is 3.16. The lowest BCUT2D eigenvalue weighted by atomic mass is 9.98. The first-order valence-corrected chi connectivity index (χ1v) is 8.52. The second-order valence-electron chi connectivity index (χ2n) is 6.31. The van der Waals surface area contributed by atoms with Gasteiger partial charge in [-0.15, -0.1) is 0 Å². The number of H-pyrrole nitrogens is 1. The Morgan fingerprint density at radius 2 is 2.04 bits per heavy atom. The summed E-state index contributed by atoms with van der Waals surface area (Å²) >= 11 is 0. The summed E-state index contributed by atoms with van der Waals surface area (Å²) in [7, 11) is 0. The van der Waals surface area contributed by atoms with Gasteiger partial charge in [-0.25, -0.2) is 19.9 Å². The minimum absolute atomic E-state index is 0.290. The van der Waals surface area contributed by atoms with Gasteiger partial charge in [0.15, 0.2) is 11.5 Å². The molecule has 0 amide bonds. The normalized spacial score (nSPS) is 15.6. The Balaban J connectivity index is 1.38. The maximum Gasteiger partial charge on any atom is 0.182 e. The van der Waals surface area contributed by atoms with E-state index in [0.717, 1.165) is 48.6 Å². The van der Waals surface area contributed by atoms with Crippen LogP contribution in [0.25, 0.3) is 11.2 Å². The van der Waals surface area contributed by atoms with Crippen LogP contribution < -0.4 is 10.2 Å². The number of nitrogens with one attached hydrogen (secondary N) is 2. The number of imidazole rings is 1. The highest BCUT2D eigenvalue weighted by Crippen LogP contribution is 2.22. The number of anilines is 2. The van der Waals surface area contributed by atoms with Gasteiger partial charge in [0.2, 0.25) is 0 Å². The van der Waals surface area contributed by atoms with Crippen LogP contribution in [0.1, 0.15) is 18.4 Å². The van der Waals surface area contributed by atoms with Gasteiger partial charge in [0, 0.05) is 32.4 Å². The number of aromatic amines is 1. The maximum absolute atomic E-state index is 9.23. The second kappa shape index (κ2) is 7.02. The van der Waals surface area contributed by atoms with E-state index < -0.39 is 0 Å². The Bertz CT molecular complexity index is 824. The van der Waals surface area contributed by atoms with Crippen molar-refractivity contribution >= 4 is 22.8 Å². The number of rotatable bonds is 5. The molecule has 8 heteroatoms. The zero-order chi connectivity index (χ0) is 17.1. The predicted octanol–water partition coefficient (Wildman–Crippen LogP) is 1.57. The van der Waals surface area contributed by atoms with E-state index >= 15 is 0 Å². The molecule has 0 atom stereocenters. The van der Waals surface area contributed by atoms with Crippen molar-refractivity contribution in [3.63, 3.8) is 0 Å². The first-order valence-electron chi connectivity index (χ1n) is 8.52. The fourth-order valence-electron chi connectivity index (χ4n) is 3.14. The Kier molecular flexibility index (Phi) is 4.43. The molecule has 130 valence electrons. The number of aromatic nitrogens is 5. The molecule has 3 aromatic heterocycles. The number of aliphatic hydroxyl groups excluding tert-OH is 1. The van der Waals surface area contributed by atoms with E-state index in [1.54, 1.807) is 6.33 Å². The lowest BCUT2D eigenvalue weighted by Crippen LogP contribution is -2.35. The van der Waals surface area contributed by atoms with Gasteiger partial charge in [-0.1, -0.05) is 6.07 Å². The number of hydrogen-bond donors (Lipinski definition) is 3. The van der Waals surface area contributed by atoms with Crippen molar-refractivity contribution in [3.05, 3.63) is 36.5 Å². The lowest BCUT2D eigenvalue weighted by Gasteiger charge is -2.32. The highest BCUT2D eigenvalue weighted by molar-refractivity contribution is 5.81. The first kappa shape index (κ1) is 15.8. The molecule has 25 heavy (non-hydrogen) atoms. The predicted molar refractivity (Wildman–Crippen MR) is 95.3 cm³/mol. The third-order valence-corrected chi connectivity index (χ3v) is 4.69. The molecule has 4 heterocycles. The van der Waals surface area contributed by atoms with Crippen LogP contribution >= 0.6 is 0 Å². The summed E-state index contributed by atoms with van der Waals surface area (Å²) < 4.78 is 0. The minimum Gasteiger partial charge on any atom is -0.396 e. The van der Waals surface area contributed by atoms with Crippen LogP contribution in [0.3, 0.4) is 0 Å². The van der Waals surface area contributed by atoms with E-state index in [1.165, 1.54) is 6.33 Å². The number of nitrogens with zero attached hydrogens (tertiary/aromatic N) is 5. The second-order valence-corrected chi connectivity index (χ2v) is 6.31. The standard InChI is InChI=1S/C17H21N7O/c25-9-12-3-5-24(6-4-12)14-2-1-13(7-18-14)8-19-16-15-17(21-10-20-15)23-11-22-16/h1-2,7,10-12,25H,3-6,8-9H2,(H2,19,20,21,22,23). The van der Waals surface area contributed by atoms with Gasteiger partial charge in [0.05, 0.1) is 6.33 Å². The Morgan fingerprint density at radius 3 is 2.80 bits per heavy atom. The molecule has 0 aromatic carbocycles. The van der Waals surface area contributed by atoms with E-state index in [1.807, 2.05) is 6.20 Å². The molecule has 1 aliphatic heterocycles. The topological polar surface area (TPSA) is 103 Å². The maximum atomic E-state index is 9.23.